The molecule has 1 rings (SSSR count). The molecule has 1 aliphatic rings. The highest BCUT2D eigenvalue weighted by Crippen LogP contribution is 2.36. The molecule has 2 nitrogen and oxygen atoms in total. The van der Waals surface area contributed by atoms with Crippen molar-refractivity contribution in [1.29, 1.82) is 0 Å². The van der Waals surface area contributed by atoms with Gasteiger partial charge in [0.15, 0.2) is 0 Å². The molecule has 0 bridgehead atoms. The van der Waals surface area contributed by atoms with Gasteiger partial charge in [-0.1, -0.05) is 39.5 Å². The Kier molecular flexibility index (Phi) is 5.26. The van der Waals surface area contributed by atoms with Crippen LogP contribution in [0.2, 0.25) is 0 Å². The fourth-order valence-corrected chi connectivity index (χ4v) is 3.13. The third-order valence-electron chi connectivity index (χ3n) is 4.65. The first-order valence-electron chi connectivity index (χ1n) is 6.96. The van der Waals surface area contributed by atoms with Crippen molar-refractivity contribution in [2.75, 3.05) is 14.1 Å². The normalized spacial score (nSPS) is 24.4. The summed E-state index contributed by atoms with van der Waals surface area (Å²) in [7, 11) is 4.42. The zero-order valence-corrected chi connectivity index (χ0v) is 11.6. The lowest BCUT2D eigenvalue weighted by Gasteiger charge is -2.48. The molecule has 16 heavy (non-hydrogen) atoms. The Labute approximate surface area is 102 Å². The molecule has 1 saturated carbocycles. The Morgan fingerprint density at radius 1 is 1.19 bits per heavy atom. The Morgan fingerprint density at radius 3 is 2.19 bits per heavy atom. The van der Waals surface area contributed by atoms with Crippen LogP contribution in [0.1, 0.15) is 58.8 Å². The summed E-state index contributed by atoms with van der Waals surface area (Å²) in [4.78, 5) is 2.40. The van der Waals surface area contributed by atoms with Crippen LogP contribution >= 0.6 is 0 Å². The standard InChI is InChI=1S/C14H30N2/c1-5-12(2)11-13(15)14(16(3)4)9-7-6-8-10-14/h12-13H,5-11,15H2,1-4H3. The van der Waals surface area contributed by atoms with Gasteiger partial charge in [-0.15, -0.1) is 0 Å². The first-order valence-corrected chi connectivity index (χ1v) is 6.96. The second-order valence-corrected chi connectivity index (χ2v) is 5.91. The highest BCUT2D eigenvalue weighted by Gasteiger charge is 2.39. The van der Waals surface area contributed by atoms with Crippen LogP contribution in [-0.4, -0.2) is 30.6 Å². The monoisotopic (exact) mass is 226 g/mol. The van der Waals surface area contributed by atoms with Gasteiger partial charge in [-0.2, -0.15) is 0 Å². The van der Waals surface area contributed by atoms with Gasteiger partial charge in [-0.05, 0) is 39.3 Å². The molecule has 0 aromatic carbocycles. The van der Waals surface area contributed by atoms with E-state index in [9.17, 15) is 0 Å². The van der Waals surface area contributed by atoms with Crippen LogP contribution in [0.5, 0.6) is 0 Å². The molecular weight excluding hydrogens is 196 g/mol. The Bertz CT molecular complexity index is 195. The molecule has 1 aliphatic carbocycles. The number of rotatable bonds is 5. The highest BCUT2D eigenvalue weighted by molar-refractivity contribution is 4.99. The van der Waals surface area contributed by atoms with Crippen LogP contribution < -0.4 is 5.73 Å². The van der Waals surface area contributed by atoms with E-state index < -0.39 is 0 Å². The van der Waals surface area contributed by atoms with Crippen molar-refractivity contribution < 1.29 is 0 Å². The van der Waals surface area contributed by atoms with Crippen molar-refractivity contribution >= 4 is 0 Å². The minimum atomic E-state index is 0.279. The second-order valence-electron chi connectivity index (χ2n) is 5.91. The quantitative estimate of drug-likeness (QED) is 0.781. The molecule has 0 radical (unpaired) electrons. The van der Waals surface area contributed by atoms with Gasteiger partial charge in [0, 0.05) is 11.6 Å². The molecule has 0 heterocycles. The largest absolute Gasteiger partial charge is 0.326 e. The molecule has 0 saturated heterocycles. The van der Waals surface area contributed by atoms with Gasteiger partial charge in [-0.3, -0.25) is 0 Å². The number of nitrogens with zero attached hydrogens (tertiary/aromatic N) is 1. The van der Waals surface area contributed by atoms with E-state index in [1.54, 1.807) is 0 Å². The van der Waals surface area contributed by atoms with E-state index in [1.165, 1.54) is 44.9 Å². The SMILES string of the molecule is CCC(C)CC(N)C1(N(C)C)CCCCC1. The zero-order valence-electron chi connectivity index (χ0n) is 11.6. The molecule has 2 N–H and O–H groups in total. The summed E-state index contributed by atoms with van der Waals surface area (Å²) in [5.74, 6) is 0.758. The molecule has 0 aliphatic heterocycles. The molecule has 2 unspecified atom stereocenters. The van der Waals surface area contributed by atoms with Gasteiger partial charge in [0.1, 0.15) is 0 Å². The maximum atomic E-state index is 6.52. The van der Waals surface area contributed by atoms with E-state index in [4.69, 9.17) is 5.73 Å². The summed E-state index contributed by atoms with van der Waals surface area (Å²) in [6.07, 6.45) is 9.10. The van der Waals surface area contributed by atoms with Gasteiger partial charge in [-0.25, -0.2) is 0 Å². The summed E-state index contributed by atoms with van der Waals surface area (Å²) in [6.45, 7) is 4.59. The number of likely N-dealkylation sites (N-methyl/N-ethyl adjacent to an activating group) is 1. The molecule has 0 amide bonds. The zero-order chi connectivity index (χ0) is 12.2. The third-order valence-corrected chi connectivity index (χ3v) is 4.65. The summed E-state index contributed by atoms with van der Waals surface area (Å²) >= 11 is 0. The molecule has 1 fully saturated rings. The first-order chi connectivity index (χ1) is 7.53. The van der Waals surface area contributed by atoms with E-state index in [0.717, 1.165) is 5.92 Å². The molecular formula is C14H30N2. The minimum absolute atomic E-state index is 0.279. The maximum Gasteiger partial charge on any atom is 0.0354 e. The molecule has 2 atom stereocenters. The average Bonchev–Trinajstić information content (AvgIpc) is 2.29. The van der Waals surface area contributed by atoms with Crippen molar-refractivity contribution in [3.63, 3.8) is 0 Å². The van der Waals surface area contributed by atoms with E-state index in [2.05, 4.69) is 32.8 Å². The number of nitrogens with two attached hydrogens (primary N) is 1. The van der Waals surface area contributed by atoms with Crippen molar-refractivity contribution in [1.82, 2.24) is 4.90 Å². The first kappa shape index (κ1) is 14.0. The lowest BCUT2D eigenvalue weighted by Crippen LogP contribution is -2.58. The minimum Gasteiger partial charge on any atom is -0.326 e. The van der Waals surface area contributed by atoms with E-state index in [0.29, 0.717) is 6.04 Å². The second kappa shape index (κ2) is 6.02. The maximum absolute atomic E-state index is 6.52. The fourth-order valence-electron chi connectivity index (χ4n) is 3.13. The van der Waals surface area contributed by atoms with Crippen molar-refractivity contribution in [3.8, 4) is 0 Å². The Hall–Kier alpha value is -0.0800. The van der Waals surface area contributed by atoms with Crippen LogP contribution in [0.3, 0.4) is 0 Å². The van der Waals surface area contributed by atoms with Gasteiger partial charge in [0.25, 0.3) is 0 Å². The summed E-state index contributed by atoms with van der Waals surface area (Å²) in [6, 6.07) is 0.345. The Morgan fingerprint density at radius 2 is 1.75 bits per heavy atom. The summed E-state index contributed by atoms with van der Waals surface area (Å²) in [5, 5.41) is 0. The predicted molar refractivity (Wildman–Crippen MR) is 71.6 cm³/mol. The number of hydrogen-bond donors (Lipinski definition) is 1. The smallest absolute Gasteiger partial charge is 0.0354 e. The number of hydrogen-bond acceptors (Lipinski definition) is 2. The lowest BCUT2D eigenvalue weighted by atomic mass is 9.73. The third kappa shape index (κ3) is 2.98. The van der Waals surface area contributed by atoms with Crippen LogP contribution in [0, 0.1) is 5.92 Å². The van der Waals surface area contributed by atoms with Crippen LogP contribution in [0.4, 0.5) is 0 Å². The molecule has 0 aromatic rings. The van der Waals surface area contributed by atoms with E-state index >= 15 is 0 Å². The average molecular weight is 226 g/mol. The summed E-state index contributed by atoms with van der Waals surface area (Å²) < 4.78 is 0. The topological polar surface area (TPSA) is 29.3 Å². The molecule has 96 valence electrons. The predicted octanol–water partition coefficient (Wildman–Crippen LogP) is 3.01. The van der Waals surface area contributed by atoms with Gasteiger partial charge in [0.2, 0.25) is 0 Å². The van der Waals surface area contributed by atoms with Gasteiger partial charge in [0.05, 0.1) is 0 Å². The van der Waals surface area contributed by atoms with Crippen molar-refractivity contribution in [2.24, 2.45) is 11.7 Å². The van der Waals surface area contributed by atoms with Crippen LogP contribution in [0.25, 0.3) is 0 Å². The highest BCUT2D eigenvalue weighted by atomic mass is 15.2. The van der Waals surface area contributed by atoms with Crippen LogP contribution in [-0.2, 0) is 0 Å². The van der Waals surface area contributed by atoms with E-state index in [-0.39, 0.29) is 5.54 Å². The fraction of sp³-hybridized carbons (Fsp3) is 1.00. The van der Waals surface area contributed by atoms with Crippen molar-refractivity contribution in [2.45, 2.75) is 70.4 Å². The Balaban J connectivity index is 2.68. The van der Waals surface area contributed by atoms with E-state index in [1.807, 2.05) is 0 Å². The molecule has 2 heteroatoms. The van der Waals surface area contributed by atoms with Crippen molar-refractivity contribution in [3.05, 3.63) is 0 Å². The van der Waals surface area contributed by atoms with Gasteiger partial charge < -0.3 is 10.6 Å². The van der Waals surface area contributed by atoms with Gasteiger partial charge >= 0.3 is 0 Å². The summed E-state index contributed by atoms with van der Waals surface area (Å²) in [5.41, 5.74) is 6.80. The van der Waals surface area contributed by atoms with Crippen LogP contribution in [0.15, 0.2) is 0 Å². The molecule has 0 aromatic heterocycles. The molecule has 0 spiro atoms. The lowest BCUT2D eigenvalue weighted by molar-refractivity contribution is 0.0628.